The van der Waals surface area contributed by atoms with Crippen molar-refractivity contribution in [3.8, 4) is 0 Å². The molecule has 1 atom stereocenters. The summed E-state index contributed by atoms with van der Waals surface area (Å²) in [6.07, 6.45) is 1.66. The molecule has 0 saturated heterocycles. The Labute approximate surface area is 129 Å². The summed E-state index contributed by atoms with van der Waals surface area (Å²) in [6.45, 7) is 5.15. The van der Waals surface area contributed by atoms with E-state index in [-0.39, 0.29) is 23.4 Å². The third kappa shape index (κ3) is 4.68. The number of hydrogen-bond donors (Lipinski definition) is 3. The molecule has 1 aromatic rings. The van der Waals surface area contributed by atoms with Crippen molar-refractivity contribution in [3.63, 3.8) is 0 Å². The van der Waals surface area contributed by atoms with E-state index in [0.717, 1.165) is 0 Å². The topological polar surface area (TPSA) is 113 Å². The predicted molar refractivity (Wildman–Crippen MR) is 81.0 cm³/mol. The number of rotatable bonds is 8. The van der Waals surface area contributed by atoms with Gasteiger partial charge in [-0.05, 0) is 30.7 Å². The van der Waals surface area contributed by atoms with Gasteiger partial charge < -0.3 is 10.4 Å². The molecule has 0 radical (unpaired) electrons. The summed E-state index contributed by atoms with van der Waals surface area (Å²) in [4.78, 5) is 22.8. The number of benzene rings is 1. The van der Waals surface area contributed by atoms with Crippen LogP contribution in [0.4, 0.5) is 0 Å². The number of nitrogens with one attached hydrogen (secondary N) is 2. The molecule has 0 spiro atoms. The lowest BCUT2D eigenvalue weighted by Gasteiger charge is -2.12. The van der Waals surface area contributed by atoms with Crippen LogP contribution in [-0.4, -0.2) is 38.0 Å². The molecule has 0 aliphatic rings. The fourth-order valence-corrected chi connectivity index (χ4v) is 2.62. The van der Waals surface area contributed by atoms with E-state index < -0.39 is 27.9 Å². The highest BCUT2D eigenvalue weighted by atomic mass is 32.2. The molecule has 0 saturated carbocycles. The van der Waals surface area contributed by atoms with Crippen LogP contribution in [0.25, 0.3) is 0 Å². The van der Waals surface area contributed by atoms with Crippen LogP contribution in [0, 0.1) is 0 Å². The Morgan fingerprint density at radius 1 is 1.32 bits per heavy atom. The lowest BCUT2D eigenvalue weighted by Crippen LogP contribution is -2.40. The lowest BCUT2D eigenvalue weighted by molar-refractivity contribution is -0.139. The molecule has 3 N–H and O–H groups in total. The molecular weight excluding hydrogens is 308 g/mol. The number of carboxylic acids is 1. The van der Waals surface area contributed by atoms with E-state index in [1.54, 1.807) is 6.92 Å². The summed E-state index contributed by atoms with van der Waals surface area (Å²) >= 11 is 0. The molecule has 0 fully saturated rings. The van der Waals surface area contributed by atoms with Gasteiger partial charge in [-0.15, -0.1) is 6.58 Å². The van der Waals surface area contributed by atoms with Crippen molar-refractivity contribution >= 4 is 21.9 Å². The van der Waals surface area contributed by atoms with Gasteiger partial charge in [0, 0.05) is 12.1 Å². The van der Waals surface area contributed by atoms with Crippen LogP contribution in [0.15, 0.2) is 41.8 Å². The van der Waals surface area contributed by atoms with Gasteiger partial charge in [-0.1, -0.05) is 13.0 Å². The van der Waals surface area contributed by atoms with E-state index in [1.807, 2.05) is 0 Å². The number of carboxylic acid groups (broad SMARTS) is 1. The van der Waals surface area contributed by atoms with E-state index in [0.29, 0.717) is 0 Å². The van der Waals surface area contributed by atoms with Crippen molar-refractivity contribution < 1.29 is 23.1 Å². The zero-order chi connectivity index (χ0) is 16.8. The molecule has 0 heterocycles. The van der Waals surface area contributed by atoms with Crippen LogP contribution in [0.1, 0.15) is 23.7 Å². The van der Waals surface area contributed by atoms with Crippen LogP contribution >= 0.6 is 0 Å². The molecule has 1 rings (SSSR count). The molecule has 0 aliphatic heterocycles. The average Bonchev–Trinajstić information content (AvgIpc) is 2.50. The minimum absolute atomic E-state index is 0.0103. The quantitative estimate of drug-likeness (QED) is 0.610. The highest BCUT2D eigenvalue weighted by Crippen LogP contribution is 2.11. The first kappa shape index (κ1) is 17.9. The van der Waals surface area contributed by atoms with Crippen molar-refractivity contribution in [2.24, 2.45) is 0 Å². The predicted octanol–water partition coefficient (Wildman–Crippen LogP) is 0.744. The molecule has 7 nitrogen and oxygen atoms in total. The maximum absolute atomic E-state index is 11.9. The lowest BCUT2D eigenvalue weighted by atomic mass is 10.1. The van der Waals surface area contributed by atoms with Gasteiger partial charge in [0.15, 0.2) is 0 Å². The van der Waals surface area contributed by atoms with E-state index in [2.05, 4.69) is 16.6 Å². The van der Waals surface area contributed by atoms with Gasteiger partial charge in [-0.3, -0.25) is 4.79 Å². The van der Waals surface area contributed by atoms with E-state index in [1.165, 1.54) is 30.3 Å². The summed E-state index contributed by atoms with van der Waals surface area (Å²) in [5.74, 6) is -1.69. The summed E-state index contributed by atoms with van der Waals surface area (Å²) in [7, 11) is -3.65. The maximum Gasteiger partial charge on any atom is 0.326 e. The monoisotopic (exact) mass is 326 g/mol. The van der Waals surface area contributed by atoms with Crippen molar-refractivity contribution in [2.45, 2.75) is 24.3 Å². The first-order chi connectivity index (χ1) is 10.3. The highest BCUT2D eigenvalue weighted by molar-refractivity contribution is 7.89. The molecule has 0 bridgehead atoms. The average molecular weight is 326 g/mol. The maximum atomic E-state index is 11.9. The summed E-state index contributed by atoms with van der Waals surface area (Å²) < 4.78 is 26.0. The normalized spacial score (nSPS) is 12.4. The number of carbonyl (C=O) groups excluding carboxylic acids is 1. The third-order valence-corrected chi connectivity index (χ3v) is 4.30. The second kappa shape index (κ2) is 7.71. The fourth-order valence-electron chi connectivity index (χ4n) is 1.62. The van der Waals surface area contributed by atoms with Crippen molar-refractivity contribution in [2.75, 3.05) is 6.54 Å². The fraction of sp³-hybridized carbons (Fsp3) is 0.286. The zero-order valence-corrected chi connectivity index (χ0v) is 12.9. The summed E-state index contributed by atoms with van der Waals surface area (Å²) in [5, 5.41) is 11.2. The Morgan fingerprint density at radius 3 is 2.36 bits per heavy atom. The number of hydrogen-bond acceptors (Lipinski definition) is 4. The van der Waals surface area contributed by atoms with Crippen LogP contribution in [0.3, 0.4) is 0 Å². The van der Waals surface area contributed by atoms with E-state index in [4.69, 9.17) is 5.11 Å². The van der Waals surface area contributed by atoms with Crippen molar-refractivity contribution in [1.82, 2.24) is 10.0 Å². The molecule has 0 aliphatic carbocycles. The molecule has 1 unspecified atom stereocenters. The van der Waals surface area contributed by atoms with Gasteiger partial charge in [0.1, 0.15) is 6.04 Å². The zero-order valence-electron chi connectivity index (χ0n) is 12.1. The van der Waals surface area contributed by atoms with Crippen LogP contribution in [-0.2, 0) is 14.8 Å². The van der Waals surface area contributed by atoms with Gasteiger partial charge in [0.2, 0.25) is 10.0 Å². The minimum Gasteiger partial charge on any atom is -0.480 e. The van der Waals surface area contributed by atoms with Crippen LogP contribution in [0.2, 0.25) is 0 Å². The molecule has 22 heavy (non-hydrogen) atoms. The van der Waals surface area contributed by atoms with Crippen molar-refractivity contribution in [3.05, 3.63) is 42.5 Å². The van der Waals surface area contributed by atoms with Gasteiger partial charge in [-0.25, -0.2) is 17.9 Å². The summed E-state index contributed by atoms with van der Waals surface area (Å²) in [5.41, 5.74) is 0.183. The first-order valence-corrected chi connectivity index (χ1v) is 8.04. The molecule has 120 valence electrons. The largest absolute Gasteiger partial charge is 0.480 e. The Kier molecular flexibility index (Phi) is 6.26. The van der Waals surface area contributed by atoms with Crippen LogP contribution < -0.4 is 10.0 Å². The number of amides is 1. The van der Waals surface area contributed by atoms with Gasteiger partial charge >= 0.3 is 5.97 Å². The van der Waals surface area contributed by atoms with E-state index >= 15 is 0 Å². The third-order valence-electron chi connectivity index (χ3n) is 2.86. The number of sulfonamides is 1. The van der Waals surface area contributed by atoms with Crippen LogP contribution in [0.5, 0.6) is 0 Å². The minimum atomic E-state index is -3.65. The Bertz CT molecular complexity index is 652. The Hall–Kier alpha value is -2.19. The first-order valence-electron chi connectivity index (χ1n) is 6.56. The molecule has 1 aromatic carbocycles. The Balaban J connectivity index is 2.86. The van der Waals surface area contributed by atoms with E-state index in [9.17, 15) is 18.0 Å². The molecule has 0 aromatic heterocycles. The Morgan fingerprint density at radius 2 is 1.91 bits per heavy atom. The standard InChI is InChI=1S/C14H18N2O5S/c1-3-9-15-22(20,21)11-7-5-10(6-8-11)13(17)16-12(4-2)14(18)19/h3,5-8,12,15H,1,4,9H2,2H3,(H,16,17)(H,18,19). The molecule has 8 heteroatoms. The van der Waals surface area contributed by atoms with Crippen molar-refractivity contribution in [1.29, 1.82) is 0 Å². The number of aliphatic carboxylic acids is 1. The summed E-state index contributed by atoms with van der Waals surface area (Å²) in [6, 6.07) is 4.23. The molecular formula is C14H18N2O5S. The highest BCUT2D eigenvalue weighted by Gasteiger charge is 2.19. The SMILES string of the molecule is C=CCNS(=O)(=O)c1ccc(C(=O)NC(CC)C(=O)O)cc1. The van der Waals surface area contributed by atoms with Gasteiger partial charge in [-0.2, -0.15) is 0 Å². The second-order valence-electron chi connectivity index (χ2n) is 4.44. The smallest absolute Gasteiger partial charge is 0.326 e. The van der Waals surface area contributed by atoms with Gasteiger partial charge in [0.25, 0.3) is 5.91 Å². The number of carbonyl (C=O) groups is 2. The second-order valence-corrected chi connectivity index (χ2v) is 6.20. The van der Waals surface area contributed by atoms with Gasteiger partial charge in [0.05, 0.1) is 4.90 Å². The molecule has 1 amide bonds.